The molecule has 2 nitrogen and oxygen atoms in total. The van der Waals surface area contributed by atoms with E-state index in [1.54, 1.807) is 24.8 Å². The van der Waals surface area contributed by atoms with Crippen molar-refractivity contribution in [3.05, 3.63) is 49.1 Å². The summed E-state index contributed by atoms with van der Waals surface area (Å²) in [6.07, 6.45) is 7.15. The molecule has 62 valence electrons. The Labute approximate surface area is 91.9 Å². The van der Waals surface area contributed by atoms with Crippen molar-refractivity contribution in [1.82, 2.24) is 9.97 Å². The van der Waals surface area contributed by atoms with E-state index in [0.29, 0.717) is 0 Å². The Morgan fingerprint density at radius 2 is 0.923 bits per heavy atom. The molecule has 0 aliphatic heterocycles. The van der Waals surface area contributed by atoms with Crippen molar-refractivity contribution in [1.29, 1.82) is 0 Å². The van der Waals surface area contributed by atoms with E-state index < -0.39 is 0 Å². The summed E-state index contributed by atoms with van der Waals surface area (Å²) in [6.45, 7) is 0. The first-order valence-electron chi connectivity index (χ1n) is 3.77. The number of hydrogen-bond donors (Lipinski definition) is 0. The fourth-order valence-electron chi connectivity index (χ4n) is 1.09. The third-order valence-corrected chi connectivity index (χ3v) is 1.69. The van der Waals surface area contributed by atoms with Crippen molar-refractivity contribution in [3.63, 3.8) is 0 Å². The van der Waals surface area contributed by atoms with Crippen LogP contribution < -0.4 is 0 Å². The van der Waals surface area contributed by atoms with Crippen LogP contribution in [0.2, 0.25) is 0 Å². The second-order valence-electron chi connectivity index (χ2n) is 2.47. The van der Waals surface area contributed by atoms with Gasteiger partial charge < -0.3 is 0 Å². The van der Waals surface area contributed by atoms with Gasteiger partial charge in [0.25, 0.3) is 0 Å². The third kappa shape index (κ3) is 2.48. The van der Waals surface area contributed by atoms with Gasteiger partial charge in [-0.2, -0.15) is 0 Å². The summed E-state index contributed by atoms with van der Waals surface area (Å²) in [7, 11) is 0. The van der Waals surface area contributed by atoms with Gasteiger partial charge in [-0.15, -0.1) is 0 Å². The van der Waals surface area contributed by atoms with Gasteiger partial charge >= 0.3 is 0 Å². The summed E-state index contributed by atoms with van der Waals surface area (Å²) in [5, 5.41) is 0. The number of rotatable bonds is 1. The molecule has 2 heterocycles. The Morgan fingerprint density at radius 1 is 0.615 bits per heavy atom. The predicted molar refractivity (Wildman–Crippen MR) is 47.5 cm³/mol. The van der Waals surface area contributed by atoms with E-state index in [9.17, 15) is 0 Å². The van der Waals surface area contributed by atoms with Crippen molar-refractivity contribution >= 4 is 0 Å². The summed E-state index contributed by atoms with van der Waals surface area (Å²) >= 11 is 0. The van der Waals surface area contributed by atoms with Crippen molar-refractivity contribution in [2.24, 2.45) is 0 Å². The molecule has 0 N–H and O–H groups in total. The molecule has 13 heavy (non-hydrogen) atoms. The Balaban J connectivity index is 0.000000845. The topological polar surface area (TPSA) is 25.8 Å². The van der Waals surface area contributed by atoms with Gasteiger partial charge in [-0.1, -0.05) is 0 Å². The first-order valence-corrected chi connectivity index (χ1v) is 3.77. The van der Waals surface area contributed by atoms with E-state index in [1.165, 1.54) is 11.1 Å². The Bertz CT molecular complexity index is 310. The summed E-state index contributed by atoms with van der Waals surface area (Å²) in [5.74, 6) is 0. The van der Waals surface area contributed by atoms with Crippen LogP contribution in [0.5, 0.6) is 0 Å². The normalized spacial score (nSPS) is 8.92. The van der Waals surface area contributed by atoms with E-state index in [2.05, 4.69) is 9.97 Å². The van der Waals surface area contributed by atoms with Crippen molar-refractivity contribution in [3.8, 4) is 11.1 Å². The SMILES string of the molecule is [Ti].c1cc(-c2ccncc2)ccn1. The molecule has 0 fully saturated rings. The number of hydrogen-bond acceptors (Lipinski definition) is 2. The second kappa shape index (κ2) is 4.90. The van der Waals surface area contributed by atoms with Crippen LogP contribution in [0.15, 0.2) is 49.1 Å². The molecule has 0 aliphatic carbocycles. The minimum atomic E-state index is 0. The van der Waals surface area contributed by atoms with Gasteiger partial charge in [-0.25, -0.2) is 0 Å². The zero-order valence-electron chi connectivity index (χ0n) is 7.01. The summed E-state index contributed by atoms with van der Waals surface area (Å²) in [4.78, 5) is 7.91. The third-order valence-electron chi connectivity index (χ3n) is 1.69. The van der Waals surface area contributed by atoms with Crippen LogP contribution in [-0.2, 0) is 21.7 Å². The van der Waals surface area contributed by atoms with E-state index in [4.69, 9.17) is 0 Å². The van der Waals surface area contributed by atoms with Crippen LogP contribution in [0.3, 0.4) is 0 Å². The maximum atomic E-state index is 3.96. The van der Waals surface area contributed by atoms with Gasteiger partial charge in [-0.3, -0.25) is 9.97 Å². The van der Waals surface area contributed by atoms with Crippen LogP contribution in [-0.4, -0.2) is 9.97 Å². The fourth-order valence-corrected chi connectivity index (χ4v) is 1.09. The van der Waals surface area contributed by atoms with Crippen LogP contribution >= 0.6 is 0 Å². The van der Waals surface area contributed by atoms with E-state index in [-0.39, 0.29) is 21.7 Å². The predicted octanol–water partition coefficient (Wildman–Crippen LogP) is 2.14. The smallest absolute Gasteiger partial charge is 0.0273 e. The minimum Gasteiger partial charge on any atom is -0.265 e. The van der Waals surface area contributed by atoms with Gasteiger partial charge in [0.15, 0.2) is 0 Å². The summed E-state index contributed by atoms with van der Waals surface area (Å²) in [6, 6.07) is 7.93. The number of aromatic nitrogens is 2. The van der Waals surface area contributed by atoms with Crippen molar-refractivity contribution in [2.45, 2.75) is 0 Å². The molecule has 0 spiro atoms. The molecule has 0 aromatic carbocycles. The minimum absolute atomic E-state index is 0. The molecule has 0 atom stereocenters. The molecule has 0 saturated heterocycles. The van der Waals surface area contributed by atoms with Gasteiger partial charge in [0.1, 0.15) is 0 Å². The zero-order chi connectivity index (χ0) is 8.23. The molecule has 0 radical (unpaired) electrons. The van der Waals surface area contributed by atoms with E-state index in [0.717, 1.165) is 0 Å². The van der Waals surface area contributed by atoms with Crippen LogP contribution in [0.4, 0.5) is 0 Å². The molecule has 0 saturated carbocycles. The Hall–Kier alpha value is -0.986. The monoisotopic (exact) mass is 204 g/mol. The molecule has 0 unspecified atom stereocenters. The number of nitrogens with zero attached hydrogens (tertiary/aromatic N) is 2. The van der Waals surface area contributed by atoms with Crippen LogP contribution in [0.25, 0.3) is 11.1 Å². The molecular weight excluding hydrogens is 196 g/mol. The fraction of sp³-hybridized carbons (Fsp3) is 0. The molecule has 0 aliphatic rings. The van der Waals surface area contributed by atoms with Gasteiger partial charge in [0.05, 0.1) is 0 Å². The first-order chi connectivity index (χ1) is 5.97. The van der Waals surface area contributed by atoms with Crippen LogP contribution in [0, 0.1) is 0 Å². The van der Waals surface area contributed by atoms with E-state index in [1.807, 2.05) is 24.3 Å². The standard InChI is InChI=1S/C10H8N2.Ti/c1-5-11-6-2-9(1)10-3-7-12-8-4-10;/h1-8H;. The van der Waals surface area contributed by atoms with Gasteiger partial charge in [0, 0.05) is 46.5 Å². The van der Waals surface area contributed by atoms with Gasteiger partial charge in [-0.05, 0) is 35.4 Å². The molecule has 0 amide bonds. The van der Waals surface area contributed by atoms with Crippen LogP contribution in [0.1, 0.15) is 0 Å². The molecule has 2 aromatic rings. The molecule has 2 rings (SSSR count). The molecule has 3 heteroatoms. The van der Waals surface area contributed by atoms with Crippen molar-refractivity contribution in [2.75, 3.05) is 0 Å². The number of pyridine rings is 2. The zero-order valence-corrected chi connectivity index (χ0v) is 8.57. The summed E-state index contributed by atoms with van der Waals surface area (Å²) < 4.78 is 0. The maximum absolute atomic E-state index is 3.96. The average molecular weight is 204 g/mol. The quantitative estimate of drug-likeness (QED) is 0.665. The molecule has 2 aromatic heterocycles. The molecule has 0 bridgehead atoms. The average Bonchev–Trinajstić information content (AvgIpc) is 2.21. The second-order valence-corrected chi connectivity index (χ2v) is 2.47. The molecular formula is C10H8N2Ti. The maximum Gasteiger partial charge on any atom is 0.0273 e. The van der Waals surface area contributed by atoms with Gasteiger partial charge in [0.2, 0.25) is 0 Å². The first kappa shape index (κ1) is 10.1. The van der Waals surface area contributed by atoms with Crippen molar-refractivity contribution < 1.29 is 21.7 Å². The largest absolute Gasteiger partial charge is 0.265 e. The Kier molecular flexibility index (Phi) is 3.81. The van der Waals surface area contributed by atoms with E-state index >= 15 is 0 Å². The summed E-state index contributed by atoms with van der Waals surface area (Å²) in [5.41, 5.74) is 2.35. The Morgan fingerprint density at radius 3 is 1.23 bits per heavy atom.